The molecule has 1 aliphatic carbocycles. The molecule has 3 aliphatic rings. The lowest BCUT2D eigenvalue weighted by Gasteiger charge is -2.41. The number of aromatic nitrogens is 3. The fraction of sp³-hybridized carbons (Fsp3) is 0.393. The fourth-order valence-electron chi connectivity index (χ4n) is 5.93. The smallest absolute Gasteiger partial charge is 0.253 e. The van der Waals surface area contributed by atoms with Gasteiger partial charge in [0.1, 0.15) is 17.7 Å². The summed E-state index contributed by atoms with van der Waals surface area (Å²) in [6, 6.07) is 12.0. The molecule has 4 heterocycles. The van der Waals surface area contributed by atoms with Gasteiger partial charge in [0.2, 0.25) is 5.91 Å². The van der Waals surface area contributed by atoms with Crippen LogP contribution in [0.1, 0.15) is 44.3 Å². The van der Waals surface area contributed by atoms with Gasteiger partial charge in [-0.3, -0.25) is 19.7 Å². The van der Waals surface area contributed by atoms with Crippen LogP contribution in [-0.4, -0.2) is 75.5 Å². The van der Waals surface area contributed by atoms with Crippen molar-refractivity contribution in [1.82, 2.24) is 19.7 Å². The average molecular weight is 529 g/mol. The number of carbonyl (C=O) groups is 2. The third-order valence-electron chi connectivity index (χ3n) is 8.04. The van der Waals surface area contributed by atoms with Crippen LogP contribution in [0.5, 0.6) is 0 Å². The summed E-state index contributed by atoms with van der Waals surface area (Å²) in [6.07, 6.45) is 5.87. The number of hydrogen-bond donors (Lipinski definition) is 3. The van der Waals surface area contributed by atoms with Gasteiger partial charge in [0.05, 0.1) is 17.4 Å². The van der Waals surface area contributed by atoms with Crippen LogP contribution in [0.3, 0.4) is 0 Å². The Kier molecular flexibility index (Phi) is 6.30. The molecule has 202 valence electrons. The third-order valence-corrected chi connectivity index (χ3v) is 8.04. The van der Waals surface area contributed by atoms with Crippen molar-refractivity contribution in [3.8, 4) is 22.5 Å². The Morgan fingerprint density at radius 3 is 2.74 bits per heavy atom. The number of rotatable bonds is 6. The molecule has 0 atom stereocenters. The summed E-state index contributed by atoms with van der Waals surface area (Å²) in [4.78, 5) is 36.6. The lowest BCUT2D eigenvalue weighted by atomic mass is 10.0. The van der Waals surface area contributed by atoms with Crippen LogP contribution in [-0.2, 0) is 14.3 Å². The summed E-state index contributed by atoms with van der Waals surface area (Å²) in [6.45, 7) is 3.90. The number of amides is 2. The quantitative estimate of drug-likeness (QED) is 0.333. The number of anilines is 1. The number of amidine groups is 1. The molecular weight excluding hydrogens is 496 g/mol. The normalized spacial score (nSPS) is 19.5. The van der Waals surface area contributed by atoms with Crippen LogP contribution in [0, 0.1) is 5.41 Å². The SMILES string of the molecule is CC(=O)N1CCN(c2cccc(-c3cc(-c4ccnn4C4CCOCC4)c(C(N)=NC=N)[nH]3)c2)C(=O)C12CC2. The van der Waals surface area contributed by atoms with E-state index in [0.717, 1.165) is 47.4 Å². The number of carbonyl (C=O) groups excluding carboxylic acids is 2. The van der Waals surface area contributed by atoms with Gasteiger partial charge in [-0.2, -0.15) is 5.10 Å². The second-order valence-electron chi connectivity index (χ2n) is 10.3. The summed E-state index contributed by atoms with van der Waals surface area (Å²) >= 11 is 0. The van der Waals surface area contributed by atoms with Crippen LogP contribution < -0.4 is 10.6 Å². The van der Waals surface area contributed by atoms with E-state index in [1.165, 1.54) is 6.92 Å². The molecule has 2 saturated heterocycles. The second kappa shape index (κ2) is 9.81. The highest BCUT2D eigenvalue weighted by molar-refractivity contribution is 6.07. The molecule has 2 aliphatic heterocycles. The molecule has 0 bridgehead atoms. The van der Waals surface area contributed by atoms with Crippen LogP contribution in [0.25, 0.3) is 22.5 Å². The topological polar surface area (TPSA) is 146 Å². The summed E-state index contributed by atoms with van der Waals surface area (Å²) < 4.78 is 7.57. The number of hydrogen-bond acceptors (Lipinski definition) is 5. The van der Waals surface area contributed by atoms with Crippen LogP contribution in [0.2, 0.25) is 0 Å². The Balaban J connectivity index is 1.37. The van der Waals surface area contributed by atoms with Crippen molar-refractivity contribution < 1.29 is 14.3 Å². The monoisotopic (exact) mass is 528 g/mol. The molecule has 11 nitrogen and oxygen atoms in total. The maximum absolute atomic E-state index is 13.5. The van der Waals surface area contributed by atoms with E-state index in [0.29, 0.717) is 44.8 Å². The zero-order valence-corrected chi connectivity index (χ0v) is 21.9. The highest BCUT2D eigenvalue weighted by atomic mass is 16.5. The van der Waals surface area contributed by atoms with Gasteiger partial charge in [-0.25, -0.2) is 4.99 Å². The number of benzene rings is 1. The predicted octanol–water partition coefficient (Wildman–Crippen LogP) is 2.94. The summed E-state index contributed by atoms with van der Waals surface area (Å²) in [5.41, 5.74) is 10.4. The Hall–Kier alpha value is -4.25. The minimum absolute atomic E-state index is 0.0170. The van der Waals surface area contributed by atoms with E-state index in [9.17, 15) is 9.59 Å². The number of piperazine rings is 1. The number of nitrogens with one attached hydrogen (secondary N) is 2. The summed E-state index contributed by atoms with van der Waals surface area (Å²) in [5.74, 6) is 0.134. The fourth-order valence-corrected chi connectivity index (χ4v) is 5.93. The molecule has 2 aromatic heterocycles. The standard InChI is InChI=1S/C28H32N8O3/c1-18(37)35-12-11-34(27(38)28(35)8-9-28)21-4-2-3-19(15-21)23-16-22(25(33-23)26(30)31-17-29)24-5-10-32-36(24)20-6-13-39-14-7-20/h2-5,10,15-17,20,33H,6-9,11-14H2,1H3,(H3,29,30,31). The van der Waals surface area contributed by atoms with E-state index in [1.54, 1.807) is 16.0 Å². The molecule has 0 unspecified atom stereocenters. The van der Waals surface area contributed by atoms with E-state index < -0.39 is 5.54 Å². The highest BCUT2D eigenvalue weighted by Crippen LogP contribution is 2.46. The minimum atomic E-state index is -0.687. The second-order valence-corrected chi connectivity index (χ2v) is 10.3. The minimum Gasteiger partial charge on any atom is -0.382 e. The lowest BCUT2D eigenvalue weighted by molar-refractivity contribution is -0.141. The Morgan fingerprint density at radius 1 is 1.23 bits per heavy atom. The van der Waals surface area contributed by atoms with Crippen molar-refractivity contribution in [2.24, 2.45) is 10.7 Å². The molecule has 4 N–H and O–H groups in total. The van der Waals surface area contributed by atoms with Crippen molar-refractivity contribution in [2.75, 3.05) is 31.2 Å². The van der Waals surface area contributed by atoms with Crippen molar-refractivity contribution in [3.63, 3.8) is 0 Å². The maximum Gasteiger partial charge on any atom is 0.253 e. The van der Waals surface area contributed by atoms with Crippen LogP contribution in [0.15, 0.2) is 47.6 Å². The first-order chi connectivity index (χ1) is 18.9. The average Bonchev–Trinajstić information content (AvgIpc) is 3.36. The zero-order chi connectivity index (χ0) is 27.1. The largest absolute Gasteiger partial charge is 0.382 e. The number of nitrogens with two attached hydrogens (primary N) is 1. The first-order valence-corrected chi connectivity index (χ1v) is 13.3. The molecule has 2 amide bonds. The molecule has 1 saturated carbocycles. The molecule has 6 rings (SSSR count). The van der Waals surface area contributed by atoms with Gasteiger partial charge in [0, 0.05) is 61.9 Å². The van der Waals surface area contributed by atoms with Gasteiger partial charge in [-0.05, 0) is 49.9 Å². The Labute approximate surface area is 226 Å². The van der Waals surface area contributed by atoms with Crippen LogP contribution >= 0.6 is 0 Å². The van der Waals surface area contributed by atoms with Gasteiger partial charge < -0.3 is 25.3 Å². The predicted molar refractivity (Wildman–Crippen MR) is 148 cm³/mol. The van der Waals surface area contributed by atoms with Gasteiger partial charge in [-0.15, -0.1) is 0 Å². The third kappa shape index (κ3) is 4.32. The molecule has 11 heteroatoms. The Bertz CT molecular complexity index is 1460. The van der Waals surface area contributed by atoms with Gasteiger partial charge >= 0.3 is 0 Å². The molecule has 0 radical (unpaired) electrons. The van der Waals surface area contributed by atoms with Gasteiger partial charge in [-0.1, -0.05) is 12.1 Å². The first-order valence-electron chi connectivity index (χ1n) is 13.3. The summed E-state index contributed by atoms with van der Waals surface area (Å²) in [5, 5.41) is 12.1. The van der Waals surface area contributed by atoms with E-state index in [4.69, 9.17) is 15.9 Å². The molecule has 39 heavy (non-hydrogen) atoms. The molecule has 3 aromatic rings. The summed E-state index contributed by atoms with van der Waals surface area (Å²) in [7, 11) is 0. The van der Waals surface area contributed by atoms with E-state index in [1.807, 2.05) is 41.1 Å². The van der Waals surface area contributed by atoms with Gasteiger partial charge in [0.25, 0.3) is 5.91 Å². The highest BCUT2D eigenvalue weighted by Gasteiger charge is 2.59. The first kappa shape index (κ1) is 25.1. The Morgan fingerprint density at radius 2 is 2.03 bits per heavy atom. The molecular formula is C28H32N8O3. The van der Waals surface area contributed by atoms with Crippen molar-refractivity contribution in [1.29, 1.82) is 5.41 Å². The van der Waals surface area contributed by atoms with Crippen molar-refractivity contribution in [3.05, 3.63) is 48.3 Å². The van der Waals surface area contributed by atoms with E-state index >= 15 is 0 Å². The lowest BCUT2D eigenvalue weighted by Crippen LogP contribution is -2.60. The maximum atomic E-state index is 13.5. The molecule has 1 aromatic carbocycles. The number of H-pyrrole nitrogens is 1. The number of aliphatic imine (C=N–C) groups is 1. The number of ether oxygens (including phenoxy) is 1. The molecule has 3 fully saturated rings. The zero-order valence-electron chi connectivity index (χ0n) is 21.9. The number of nitrogens with zero attached hydrogens (tertiary/aromatic N) is 5. The van der Waals surface area contributed by atoms with Crippen molar-refractivity contribution in [2.45, 2.75) is 44.2 Å². The van der Waals surface area contributed by atoms with Gasteiger partial charge in [0.15, 0.2) is 0 Å². The molecule has 1 spiro atoms. The van der Waals surface area contributed by atoms with Crippen LogP contribution in [0.4, 0.5) is 5.69 Å². The van der Waals surface area contributed by atoms with E-state index in [-0.39, 0.29) is 23.7 Å². The van der Waals surface area contributed by atoms with E-state index in [2.05, 4.69) is 15.1 Å². The van der Waals surface area contributed by atoms with Crippen molar-refractivity contribution >= 4 is 29.7 Å². The number of aromatic amines is 1.